The molecule has 1 amide bonds. The minimum Gasteiger partial charge on any atom is -0.355 e. The molecular weight excluding hydrogens is 434 g/mol. The van der Waals surface area contributed by atoms with Crippen LogP contribution in [0.25, 0.3) is 22.1 Å². The summed E-state index contributed by atoms with van der Waals surface area (Å²) in [7, 11) is 0. The first-order chi connectivity index (χ1) is 16.8. The van der Waals surface area contributed by atoms with Crippen molar-refractivity contribution in [3.63, 3.8) is 0 Å². The van der Waals surface area contributed by atoms with Gasteiger partial charge in [-0.1, -0.05) is 100 Å². The smallest absolute Gasteiger partial charge is 0.273 e. The van der Waals surface area contributed by atoms with Crippen LogP contribution in [-0.2, 0) is 5.41 Å². The summed E-state index contributed by atoms with van der Waals surface area (Å²) in [4.78, 5) is 15.3. The van der Waals surface area contributed by atoms with Gasteiger partial charge < -0.3 is 9.84 Å². The Morgan fingerprint density at radius 1 is 0.943 bits per heavy atom. The highest BCUT2D eigenvalue weighted by atomic mass is 16.5. The molecule has 1 N–H and O–H groups in total. The maximum Gasteiger partial charge on any atom is 0.273 e. The van der Waals surface area contributed by atoms with E-state index in [1.165, 1.54) is 11.1 Å². The third-order valence-corrected chi connectivity index (χ3v) is 6.65. The first-order valence-electron chi connectivity index (χ1n) is 12.4. The minimum atomic E-state index is -0.232. The second kappa shape index (κ2) is 10.4. The van der Waals surface area contributed by atoms with E-state index in [0.29, 0.717) is 12.3 Å². The molecule has 1 aromatic heterocycles. The zero-order chi connectivity index (χ0) is 25.0. The van der Waals surface area contributed by atoms with Crippen molar-refractivity contribution in [2.45, 2.75) is 46.1 Å². The monoisotopic (exact) mass is 469 g/mol. The lowest BCUT2D eigenvalue weighted by molar-refractivity contribution is 0.0926. The van der Waals surface area contributed by atoms with E-state index < -0.39 is 0 Å². The van der Waals surface area contributed by atoms with Crippen molar-refractivity contribution in [3.8, 4) is 11.3 Å². The minimum absolute atomic E-state index is 0.0785. The fraction of sp³-hybridized carbons (Fsp3) is 0.333. The Morgan fingerprint density at radius 3 is 2.29 bits per heavy atom. The third-order valence-electron chi connectivity index (χ3n) is 6.65. The van der Waals surface area contributed by atoms with E-state index in [4.69, 9.17) is 4.52 Å². The Kier molecular flexibility index (Phi) is 7.37. The van der Waals surface area contributed by atoms with Crippen molar-refractivity contribution in [2.75, 3.05) is 19.6 Å². The number of carbonyl (C=O) groups excluding carboxylic acids is 1. The molecule has 0 fully saturated rings. The van der Waals surface area contributed by atoms with Crippen LogP contribution in [0.3, 0.4) is 0 Å². The van der Waals surface area contributed by atoms with Gasteiger partial charge in [-0.15, -0.1) is 0 Å². The van der Waals surface area contributed by atoms with E-state index in [1.54, 1.807) is 6.07 Å². The van der Waals surface area contributed by atoms with Crippen LogP contribution in [0.15, 0.2) is 77.3 Å². The number of fused-ring (bicyclic) bond motifs is 1. The lowest BCUT2D eigenvalue weighted by Crippen LogP contribution is -2.38. The standard InChI is InChI=1S/C30H35N3O2/c1-6-33(7-2)27(22-14-16-25(17-15-22)30(3,4)5)20-31-29(34)26-19-28(35-32-26)24-13-12-21-10-8-9-11-23(21)18-24/h8-19,27H,6-7,20H2,1-5H3,(H,31,34). The average molecular weight is 470 g/mol. The van der Waals surface area contributed by atoms with Crippen LogP contribution in [-0.4, -0.2) is 35.6 Å². The number of hydrogen-bond acceptors (Lipinski definition) is 4. The third kappa shape index (κ3) is 5.63. The molecule has 3 aromatic carbocycles. The van der Waals surface area contributed by atoms with E-state index in [-0.39, 0.29) is 23.1 Å². The molecule has 0 saturated heterocycles. The van der Waals surface area contributed by atoms with Crippen molar-refractivity contribution in [3.05, 3.63) is 89.6 Å². The molecule has 1 heterocycles. The molecule has 1 atom stereocenters. The second-order valence-corrected chi connectivity index (χ2v) is 9.96. The Labute approximate surface area is 208 Å². The molecule has 4 aromatic rings. The van der Waals surface area contributed by atoms with Crippen LogP contribution in [0.4, 0.5) is 0 Å². The number of likely N-dealkylation sites (N-methyl/N-ethyl adjacent to an activating group) is 1. The molecule has 1 unspecified atom stereocenters. The summed E-state index contributed by atoms with van der Waals surface area (Å²) in [5.41, 5.74) is 3.78. The molecular formula is C30H35N3O2. The zero-order valence-electron chi connectivity index (χ0n) is 21.3. The number of amides is 1. The fourth-order valence-electron chi connectivity index (χ4n) is 4.47. The summed E-state index contributed by atoms with van der Waals surface area (Å²) >= 11 is 0. The van der Waals surface area contributed by atoms with Gasteiger partial charge >= 0.3 is 0 Å². The van der Waals surface area contributed by atoms with Crippen LogP contribution in [0.2, 0.25) is 0 Å². The maximum absolute atomic E-state index is 13.0. The maximum atomic E-state index is 13.0. The molecule has 182 valence electrons. The number of benzene rings is 3. The van der Waals surface area contributed by atoms with Crippen LogP contribution >= 0.6 is 0 Å². The Morgan fingerprint density at radius 2 is 1.63 bits per heavy atom. The SMILES string of the molecule is CCN(CC)C(CNC(=O)c1cc(-c2ccc3ccccc3c2)on1)c1ccc(C(C)(C)C)cc1. The Balaban J connectivity index is 1.49. The molecule has 0 aliphatic heterocycles. The van der Waals surface area contributed by atoms with Gasteiger partial charge in [-0.2, -0.15) is 0 Å². The van der Waals surface area contributed by atoms with Gasteiger partial charge in [-0.25, -0.2) is 0 Å². The van der Waals surface area contributed by atoms with Crippen LogP contribution in [0.5, 0.6) is 0 Å². The van der Waals surface area contributed by atoms with E-state index >= 15 is 0 Å². The molecule has 0 aliphatic carbocycles. The van der Waals surface area contributed by atoms with Gasteiger partial charge in [0.1, 0.15) is 0 Å². The summed E-state index contributed by atoms with van der Waals surface area (Å²) < 4.78 is 5.53. The van der Waals surface area contributed by atoms with E-state index in [2.05, 4.69) is 92.5 Å². The van der Waals surface area contributed by atoms with Gasteiger partial charge in [0.2, 0.25) is 0 Å². The lowest BCUT2D eigenvalue weighted by Gasteiger charge is -2.31. The lowest BCUT2D eigenvalue weighted by atomic mass is 9.86. The van der Waals surface area contributed by atoms with Crippen molar-refractivity contribution in [2.24, 2.45) is 0 Å². The summed E-state index contributed by atoms with van der Waals surface area (Å²) in [6, 6.07) is 24.8. The molecule has 0 spiro atoms. The molecule has 0 aliphatic rings. The summed E-state index contributed by atoms with van der Waals surface area (Å²) in [5, 5.41) is 9.41. The van der Waals surface area contributed by atoms with Gasteiger partial charge in [0.15, 0.2) is 11.5 Å². The summed E-state index contributed by atoms with van der Waals surface area (Å²) in [5.74, 6) is 0.350. The van der Waals surface area contributed by atoms with Crippen LogP contribution < -0.4 is 5.32 Å². The second-order valence-electron chi connectivity index (χ2n) is 9.96. The van der Waals surface area contributed by atoms with Gasteiger partial charge in [-0.3, -0.25) is 9.69 Å². The number of carbonyl (C=O) groups is 1. The first kappa shape index (κ1) is 24.7. The van der Waals surface area contributed by atoms with E-state index in [9.17, 15) is 4.79 Å². The average Bonchev–Trinajstić information content (AvgIpc) is 3.36. The molecule has 5 nitrogen and oxygen atoms in total. The number of nitrogens with zero attached hydrogens (tertiary/aromatic N) is 2. The molecule has 0 radical (unpaired) electrons. The number of hydrogen-bond donors (Lipinski definition) is 1. The van der Waals surface area contributed by atoms with E-state index in [0.717, 1.165) is 29.4 Å². The predicted octanol–water partition coefficient (Wildman–Crippen LogP) is 6.61. The number of rotatable bonds is 8. The highest BCUT2D eigenvalue weighted by molar-refractivity contribution is 5.93. The predicted molar refractivity (Wildman–Crippen MR) is 143 cm³/mol. The molecule has 0 saturated carbocycles. The fourth-order valence-corrected chi connectivity index (χ4v) is 4.47. The van der Waals surface area contributed by atoms with Gasteiger partial charge in [-0.05, 0) is 46.5 Å². The first-order valence-corrected chi connectivity index (χ1v) is 12.4. The van der Waals surface area contributed by atoms with Crippen molar-refractivity contribution >= 4 is 16.7 Å². The summed E-state index contributed by atoms with van der Waals surface area (Å²) in [6.07, 6.45) is 0. The molecule has 0 bridgehead atoms. The Hall–Kier alpha value is -3.44. The zero-order valence-corrected chi connectivity index (χ0v) is 21.3. The van der Waals surface area contributed by atoms with Gasteiger partial charge in [0.05, 0.1) is 6.04 Å². The highest BCUT2D eigenvalue weighted by Crippen LogP contribution is 2.27. The van der Waals surface area contributed by atoms with Crippen molar-refractivity contribution in [1.29, 1.82) is 0 Å². The van der Waals surface area contributed by atoms with E-state index in [1.807, 2.05) is 24.3 Å². The molecule has 4 rings (SSSR count). The van der Waals surface area contributed by atoms with Crippen molar-refractivity contribution < 1.29 is 9.32 Å². The highest BCUT2D eigenvalue weighted by Gasteiger charge is 2.22. The summed E-state index contributed by atoms with van der Waals surface area (Å²) in [6.45, 7) is 13.2. The largest absolute Gasteiger partial charge is 0.355 e. The van der Waals surface area contributed by atoms with Gasteiger partial charge in [0, 0.05) is 18.2 Å². The molecule has 5 heteroatoms. The number of nitrogens with one attached hydrogen (secondary N) is 1. The van der Waals surface area contributed by atoms with Gasteiger partial charge in [0.25, 0.3) is 5.91 Å². The Bertz CT molecular complexity index is 1280. The van der Waals surface area contributed by atoms with Crippen molar-refractivity contribution in [1.82, 2.24) is 15.4 Å². The van der Waals surface area contributed by atoms with Crippen LogP contribution in [0, 0.1) is 0 Å². The molecule has 35 heavy (non-hydrogen) atoms. The quantitative estimate of drug-likeness (QED) is 0.316. The topological polar surface area (TPSA) is 58.4 Å². The number of aromatic nitrogens is 1. The normalized spacial score (nSPS) is 12.7. The van der Waals surface area contributed by atoms with Crippen LogP contribution in [0.1, 0.15) is 62.3 Å².